The number of carbonyl (C=O) groups is 2. The minimum atomic E-state index is -0.523. The molecule has 3 aliphatic rings. The number of benzene rings is 6. The zero-order chi connectivity index (χ0) is 35.3. The van der Waals surface area contributed by atoms with Gasteiger partial charge in [0, 0.05) is 11.1 Å². The molecule has 0 N–H and O–H groups in total. The molecule has 3 aliphatic heterocycles. The Labute approximate surface area is 299 Å². The van der Waals surface area contributed by atoms with E-state index >= 15 is 0 Å². The van der Waals surface area contributed by atoms with Gasteiger partial charge in [0.25, 0.3) is 0 Å². The fourth-order valence-electron chi connectivity index (χ4n) is 6.93. The standard InChI is InChI=1S/C44H32O8/c1-25-47-39(48-25)20-12-27-10-16-34-30(22-27)14-18-37-41(34)42-35-17-11-28(13-21-40-49-26(2)50-40)23-31(35)15-19-38(42)52-44(46)36-9-4-3-8-33(36)29-6-5-7-32(24-29)43(45)51-37/h3-26,39-40H,1-2H3/b20-12+,21-13+. The largest absolute Gasteiger partial charge is 0.422 e. The summed E-state index contributed by atoms with van der Waals surface area (Å²) in [6.07, 6.45) is 6.41. The van der Waals surface area contributed by atoms with Crippen LogP contribution in [0, 0.1) is 0 Å². The van der Waals surface area contributed by atoms with Crippen molar-refractivity contribution in [3.63, 3.8) is 0 Å². The summed E-state index contributed by atoms with van der Waals surface area (Å²) in [6.45, 7) is 3.70. The number of ether oxygens (including phenoxy) is 6. The average Bonchev–Trinajstić information content (AvgIpc) is 3.14. The van der Waals surface area contributed by atoms with Gasteiger partial charge in [0.1, 0.15) is 11.5 Å². The molecule has 6 aromatic rings. The van der Waals surface area contributed by atoms with Crippen LogP contribution in [0.3, 0.4) is 0 Å². The number of carbonyl (C=O) groups excluding carboxylic acids is 2. The van der Waals surface area contributed by atoms with E-state index < -0.39 is 18.2 Å². The highest BCUT2D eigenvalue weighted by atomic mass is 16.9. The maximum atomic E-state index is 14.1. The van der Waals surface area contributed by atoms with Crippen LogP contribution in [0.1, 0.15) is 45.7 Å². The van der Waals surface area contributed by atoms with Gasteiger partial charge in [-0.25, -0.2) is 9.59 Å². The minimum absolute atomic E-state index is 0.221. The molecule has 9 rings (SSSR count). The quantitative estimate of drug-likeness (QED) is 0.134. The minimum Gasteiger partial charge on any atom is -0.422 e. The fraction of sp³-hybridized carbons (Fsp3) is 0.136. The Bertz CT molecular complexity index is 2470. The molecule has 0 aliphatic carbocycles. The first-order valence-electron chi connectivity index (χ1n) is 17.1. The lowest BCUT2D eigenvalue weighted by Gasteiger charge is -2.31. The molecule has 0 saturated carbocycles. The van der Waals surface area contributed by atoms with Gasteiger partial charge in [0.05, 0.1) is 11.1 Å². The van der Waals surface area contributed by atoms with E-state index in [0.29, 0.717) is 44.9 Å². The van der Waals surface area contributed by atoms with Gasteiger partial charge in [-0.3, -0.25) is 0 Å². The first-order valence-corrected chi connectivity index (χ1v) is 17.1. The van der Waals surface area contributed by atoms with Gasteiger partial charge in [-0.05, 0) is 112 Å². The molecular formula is C44H32O8. The highest BCUT2D eigenvalue weighted by Gasteiger charge is 2.27. The normalized spacial score (nSPS) is 21.2. The second-order valence-corrected chi connectivity index (χ2v) is 12.9. The molecule has 0 amide bonds. The van der Waals surface area contributed by atoms with Crippen molar-refractivity contribution in [3.05, 3.63) is 144 Å². The van der Waals surface area contributed by atoms with E-state index in [1.807, 2.05) is 105 Å². The molecule has 256 valence electrons. The third-order valence-corrected chi connectivity index (χ3v) is 9.42. The zero-order valence-corrected chi connectivity index (χ0v) is 28.3. The molecule has 0 radical (unpaired) electrons. The third kappa shape index (κ3) is 5.97. The van der Waals surface area contributed by atoms with Crippen LogP contribution in [-0.2, 0) is 18.9 Å². The van der Waals surface area contributed by atoms with Gasteiger partial charge < -0.3 is 28.4 Å². The smallest absolute Gasteiger partial charge is 0.344 e. The van der Waals surface area contributed by atoms with Gasteiger partial charge in [-0.2, -0.15) is 0 Å². The summed E-state index contributed by atoms with van der Waals surface area (Å²) in [7, 11) is 0. The van der Waals surface area contributed by atoms with Crippen molar-refractivity contribution in [1.29, 1.82) is 0 Å². The van der Waals surface area contributed by atoms with Crippen molar-refractivity contribution in [1.82, 2.24) is 0 Å². The van der Waals surface area contributed by atoms with E-state index in [-0.39, 0.29) is 18.9 Å². The van der Waals surface area contributed by atoms with Gasteiger partial charge in [0.15, 0.2) is 25.2 Å². The highest BCUT2D eigenvalue weighted by molar-refractivity contribution is 6.12. The first-order chi connectivity index (χ1) is 25.4. The zero-order valence-electron chi connectivity index (χ0n) is 28.3. The van der Waals surface area contributed by atoms with Crippen LogP contribution in [-0.4, -0.2) is 37.1 Å². The maximum absolute atomic E-state index is 14.1. The molecule has 8 heteroatoms. The summed E-state index contributed by atoms with van der Waals surface area (Å²) in [6, 6.07) is 33.8. The lowest BCUT2D eigenvalue weighted by Crippen LogP contribution is -2.36. The Morgan fingerprint density at radius 2 is 1.02 bits per heavy atom. The summed E-state index contributed by atoms with van der Waals surface area (Å²) < 4.78 is 34.9. The summed E-state index contributed by atoms with van der Waals surface area (Å²) in [5, 5.41) is 3.39. The Balaban J connectivity index is 1.25. The Morgan fingerprint density at radius 1 is 0.500 bits per heavy atom. The lowest BCUT2D eigenvalue weighted by atomic mass is 9.91. The van der Waals surface area contributed by atoms with Crippen LogP contribution in [0.2, 0.25) is 0 Å². The van der Waals surface area contributed by atoms with Gasteiger partial charge in [0.2, 0.25) is 0 Å². The second-order valence-electron chi connectivity index (χ2n) is 12.9. The molecule has 6 aromatic carbocycles. The van der Waals surface area contributed by atoms with Crippen LogP contribution in [0.5, 0.6) is 11.5 Å². The van der Waals surface area contributed by atoms with E-state index in [2.05, 4.69) is 0 Å². The number of hydrogen-bond acceptors (Lipinski definition) is 8. The summed E-state index contributed by atoms with van der Waals surface area (Å²) >= 11 is 0. The number of fused-ring (bicyclic) bond motifs is 11. The van der Waals surface area contributed by atoms with Crippen molar-refractivity contribution in [2.75, 3.05) is 0 Å². The molecule has 2 fully saturated rings. The molecule has 2 saturated heterocycles. The van der Waals surface area contributed by atoms with Crippen molar-refractivity contribution in [2.24, 2.45) is 0 Å². The average molecular weight is 689 g/mol. The van der Waals surface area contributed by atoms with Crippen LogP contribution in [0.25, 0.3) is 56.0 Å². The molecule has 0 atom stereocenters. The van der Waals surface area contributed by atoms with E-state index in [1.54, 1.807) is 42.5 Å². The van der Waals surface area contributed by atoms with Gasteiger partial charge in [-0.15, -0.1) is 0 Å². The predicted octanol–water partition coefficient (Wildman–Crippen LogP) is 9.54. The Hall–Kier alpha value is -5.90. The number of hydrogen-bond donors (Lipinski definition) is 0. The van der Waals surface area contributed by atoms with Crippen molar-refractivity contribution < 1.29 is 38.0 Å². The second kappa shape index (κ2) is 13.0. The predicted molar refractivity (Wildman–Crippen MR) is 198 cm³/mol. The van der Waals surface area contributed by atoms with Crippen LogP contribution in [0.15, 0.2) is 121 Å². The van der Waals surface area contributed by atoms with E-state index in [1.165, 1.54) is 0 Å². The van der Waals surface area contributed by atoms with Crippen LogP contribution >= 0.6 is 0 Å². The monoisotopic (exact) mass is 688 g/mol. The molecule has 0 spiro atoms. The number of esters is 2. The van der Waals surface area contributed by atoms with E-state index in [4.69, 9.17) is 28.4 Å². The topological polar surface area (TPSA) is 89.5 Å². The molecule has 0 unspecified atom stereocenters. The first kappa shape index (κ1) is 32.0. The van der Waals surface area contributed by atoms with Crippen molar-refractivity contribution >= 4 is 45.6 Å². The molecule has 0 aromatic heterocycles. The van der Waals surface area contributed by atoms with Gasteiger partial charge >= 0.3 is 11.9 Å². The summed E-state index contributed by atoms with van der Waals surface area (Å²) in [5.41, 5.74) is 5.16. The molecule has 2 bridgehead atoms. The van der Waals surface area contributed by atoms with Gasteiger partial charge in [-0.1, -0.05) is 78.9 Å². The van der Waals surface area contributed by atoms with Crippen molar-refractivity contribution in [3.8, 4) is 33.8 Å². The lowest BCUT2D eigenvalue weighted by molar-refractivity contribution is -0.354. The summed E-state index contributed by atoms with van der Waals surface area (Å²) in [5.74, 6) is -0.389. The van der Waals surface area contributed by atoms with E-state index in [0.717, 1.165) is 32.7 Å². The summed E-state index contributed by atoms with van der Waals surface area (Å²) in [4.78, 5) is 28.1. The Kier molecular flexibility index (Phi) is 8.02. The Morgan fingerprint density at radius 3 is 1.58 bits per heavy atom. The van der Waals surface area contributed by atoms with E-state index in [9.17, 15) is 9.59 Å². The molecule has 8 nitrogen and oxygen atoms in total. The SMILES string of the molecule is CC1OC(/C=C/c2ccc3c4c(ccc3c2)OC(=O)c2cccc(c2)-c2ccccc2C(=O)Oc2ccc3cc(/C=C/C5OC(C)O5)ccc3c2-4)O1. The van der Waals surface area contributed by atoms with Crippen LogP contribution < -0.4 is 9.47 Å². The maximum Gasteiger partial charge on any atom is 0.344 e. The number of rotatable bonds is 4. The highest BCUT2D eigenvalue weighted by Crippen LogP contribution is 2.47. The molecule has 52 heavy (non-hydrogen) atoms. The molecular weight excluding hydrogens is 656 g/mol. The fourth-order valence-corrected chi connectivity index (χ4v) is 6.93. The van der Waals surface area contributed by atoms with Crippen molar-refractivity contribution in [2.45, 2.75) is 39.0 Å². The molecule has 3 heterocycles. The third-order valence-electron chi connectivity index (χ3n) is 9.42. The van der Waals surface area contributed by atoms with Crippen LogP contribution in [0.4, 0.5) is 0 Å².